The lowest BCUT2D eigenvalue weighted by atomic mass is 9.89. The minimum Gasteiger partial charge on any atom is -0.386 e. The molecule has 2 fully saturated rings. The zero-order valence-corrected chi connectivity index (χ0v) is 15.1. The highest BCUT2D eigenvalue weighted by molar-refractivity contribution is 5.74. The summed E-state index contributed by atoms with van der Waals surface area (Å²) in [6.45, 7) is 0. The molecule has 0 unspecified atom stereocenters. The van der Waals surface area contributed by atoms with E-state index in [1.165, 1.54) is 24.3 Å². The number of fused-ring (bicyclic) bond motifs is 1. The number of hydrogen-bond acceptors (Lipinski definition) is 4. The van der Waals surface area contributed by atoms with E-state index >= 15 is 0 Å². The monoisotopic (exact) mass is 386 g/mol. The van der Waals surface area contributed by atoms with Gasteiger partial charge in [-0.2, -0.15) is 4.89 Å². The van der Waals surface area contributed by atoms with Crippen LogP contribution in [0.15, 0.2) is 54.6 Å². The summed E-state index contributed by atoms with van der Waals surface area (Å²) < 4.78 is 33.2. The maximum atomic E-state index is 13.5. The van der Waals surface area contributed by atoms with Crippen LogP contribution in [0.25, 0.3) is 5.57 Å². The molecule has 2 aromatic carbocycles. The maximum absolute atomic E-state index is 13.5. The van der Waals surface area contributed by atoms with E-state index in [9.17, 15) is 13.9 Å². The molecule has 1 saturated heterocycles. The number of rotatable bonds is 2. The molecule has 0 amide bonds. The molecule has 2 aliphatic carbocycles. The van der Waals surface area contributed by atoms with Crippen molar-refractivity contribution < 1.29 is 28.4 Å². The molecule has 5 rings (SSSR count). The zero-order chi connectivity index (χ0) is 19.4. The molecule has 6 heteroatoms. The van der Waals surface area contributed by atoms with Gasteiger partial charge in [-0.15, -0.1) is 0 Å². The molecule has 0 aromatic heterocycles. The number of benzene rings is 2. The Labute approximate surface area is 161 Å². The van der Waals surface area contributed by atoms with Gasteiger partial charge in [-0.1, -0.05) is 24.3 Å². The minimum absolute atomic E-state index is 0.358. The van der Waals surface area contributed by atoms with Crippen LogP contribution in [-0.2, 0) is 20.1 Å². The van der Waals surface area contributed by atoms with Gasteiger partial charge in [-0.05, 0) is 59.9 Å². The van der Waals surface area contributed by atoms with Crippen molar-refractivity contribution in [3.63, 3.8) is 0 Å². The summed E-state index contributed by atoms with van der Waals surface area (Å²) in [5.41, 5.74) is 0.623. The van der Waals surface area contributed by atoms with Gasteiger partial charge in [0.25, 0.3) is 0 Å². The van der Waals surface area contributed by atoms with Gasteiger partial charge < -0.3 is 9.84 Å². The molecule has 4 nitrogen and oxygen atoms in total. The molecule has 1 N–H and O–H groups in total. The van der Waals surface area contributed by atoms with E-state index in [1.807, 2.05) is 0 Å². The highest BCUT2D eigenvalue weighted by atomic mass is 19.1. The highest BCUT2D eigenvalue weighted by Gasteiger charge is 2.60. The quantitative estimate of drug-likeness (QED) is 0.785. The minimum atomic E-state index is -1.22. The lowest BCUT2D eigenvalue weighted by Crippen LogP contribution is -2.56. The van der Waals surface area contributed by atoms with Gasteiger partial charge in [0.15, 0.2) is 5.60 Å². The summed E-state index contributed by atoms with van der Waals surface area (Å²) in [7, 11) is 0. The molecule has 1 heterocycles. The predicted molar refractivity (Wildman–Crippen MR) is 96.7 cm³/mol. The molecule has 1 saturated carbocycles. The Morgan fingerprint density at radius 1 is 0.857 bits per heavy atom. The first-order chi connectivity index (χ1) is 13.5. The molecule has 146 valence electrons. The van der Waals surface area contributed by atoms with Crippen LogP contribution in [0.5, 0.6) is 0 Å². The van der Waals surface area contributed by atoms with Crippen LogP contribution >= 0.6 is 0 Å². The van der Waals surface area contributed by atoms with E-state index in [0.29, 0.717) is 29.5 Å². The van der Waals surface area contributed by atoms with Crippen molar-refractivity contribution in [3.8, 4) is 0 Å². The van der Waals surface area contributed by atoms with Gasteiger partial charge in [0.05, 0.1) is 0 Å². The SMILES string of the molecule is O[C@H]1C(c2ccc(F)cc2)=C[C@]2(c3ccc(F)cc3)OOC3(CCCC3)O[C@H]12. The molecular formula is C22H20F2O4. The number of aliphatic hydroxyl groups excluding tert-OH is 1. The third-order valence-corrected chi connectivity index (χ3v) is 5.91. The largest absolute Gasteiger partial charge is 0.386 e. The summed E-state index contributed by atoms with van der Waals surface area (Å²) in [6.07, 6.45) is 3.25. The van der Waals surface area contributed by atoms with Crippen LogP contribution in [0, 0.1) is 11.6 Å². The van der Waals surface area contributed by atoms with Gasteiger partial charge >= 0.3 is 0 Å². The van der Waals surface area contributed by atoms with Crippen LogP contribution < -0.4 is 0 Å². The van der Waals surface area contributed by atoms with Crippen LogP contribution in [0.3, 0.4) is 0 Å². The van der Waals surface area contributed by atoms with Crippen LogP contribution in [0.1, 0.15) is 36.8 Å². The summed E-state index contributed by atoms with van der Waals surface area (Å²) in [6, 6.07) is 11.7. The Bertz CT molecular complexity index is 903. The first-order valence-corrected chi connectivity index (χ1v) is 9.49. The van der Waals surface area contributed by atoms with E-state index in [1.54, 1.807) is 30.3 Å². The van der Waals surface area contributed by atoms with Gasteiger partial charge in [0.1, 0.15) is 23.8 Å². The van der Waals surface area contributed by atoms with Gasteiger partial charge in [-0.3, -0.25) is 0 Å². The molecular weight excluding hydrogens is 366 g/mol. The van der Waals surface area contributed by atoms with Gasteiger partial charge in [-0.25, -0.2) is 13.7 Å². The fourth-order valence-corrected chi connectivity index (χ4v) is 4.43. The van der Waals surface area contributed by atoms with E-state index in [4.69, 9.17) is 14.5 Å². The van der Waals surface area contributed by atoms with Crippen molar-refractivity contribution >= 4 is 5.57 Å². The first kappa shape index (κ1) is 17.9. The number of hydrogen-bond donors (Lipinski definition) is 1. The lowest BCUT2D eigenvalue weighted by Gasteiger charge is -2.46. The van der Waals surface area contributed by atoms with E-state index in [2.05, 4.69) is 0 Å². The third kappa shape index (κ3) is 2.71. The molecule has 0 radical (unpaired) electrons. The second kappa shape index (κ2) is 6.46. The fraction of sp³-hybridized carbons (Fsp3) is 0.364. The van der Waals surface area contributed by atoms with E-state index < -0.39 is 23.6 Å². The topological polar surface area (TPSA) is 47.9 Å². The molecule has 1 aliphatic heterocycles. The van der Waals surface area contributed by atoms with Crippen molar-refractivity contribution in [2.24, 2.45) is 0 Å². The average Bonchev–Trinajstić information content (AvgIpc) is 3.27. The van der Waals surface area contributed by atoms with Crippen molar-refractivity contribution in [1.82, 2.24) is 0 Å². The van der Waals surface area contributed by atoms with Gasteiger partial charge in [0.2, 0.25) is 5.79 Å². The summed E-state index contributed by atoms with van der Waals surface area (Å²) in [5.74, 6) is -1.60. The summed E-state index contributed by atoms with van der Waals surface area (Å²) in [4.78, 5) is 11.7. The Balaban J connectivity index is 1.60. The smallest absolute Gasteiger partial charge is 0.202 e. The summed E-state index contributed by atoms with van der Waals surface area (Å²) >= 11 is 0. The molecule has 1 spiro atoms. The van der Waals surface area contributed by atoms with Crippen molar-refractivity contribution in [2.45, 2.75) is 49.3 Å². The normalized spacial score (nSPS) is 31.0. The molecule has 2 aromatic rings. The maximum Gasteiger partial charge on any atom is 0.202 e. The third-order valence-electron chi connectivity index (χ3n) is 5.91. The highest BCUT2D eigenvalue weighted by Crippen LogP contribution is 2.53. The van der Waals surface area contributed by atoms with Crippen LogP contribution in [0.2, 0.25) is 0 Å². The summed E-state index contributed by atoms with van der Waals surface area (Å²) in [5, 5.41) is 11.1. The standard InChI is InChI=1S/C22H20F2O4/c23-16-7-3-14(4-8-16)18-13-22(15-5-9-17(24)10-6-15)20(19(18)25)26-21(27-28-22)11-1-2-12-21/h3-10,13,19-20,25H,1-2,11-12H2/t19-,20+,22+/m0/s1. The van der Waals surface area contributed by atoms with E-state index in [0.717, 1.165) is 12.8 Å². The number of ether oxygens (including phenoxy) is 1. The molecule has 3 atom stereocenters. The first-order valence-electron chi connectivity index (χ1n) is 9.49. The molecule has 3 aliphatic rings. The van der Waals surface area contributed by atoms with Crippen molar-refractivity contribution in [3.05, 3.63) is 77.4 Å². The predicted octanol–water partition coefficient (Wildman–Crippen LogP) is 4.24. The van der Waals surface area contributed by atoms with Crippen molar-refractivity contribution in [2.75, 3.05) is 0 Å². The van der Waals surface area contributed by atoms with Crippen LogP contribution in [-0.4, -0.2) is 23.1 Å². The molecule has 0 bridgehead atoms. The Morgan fingerprint density at radius 3 is 2.11 bits per heavy atom. The second-order valence-corrected chi connectivity index (χ2v) is 7.67. The van der Waals surface area contributed by atoms with Crippen molar-refractivity contribution in [1.29, 1.82) is 0 Å². The Hall–Kier alpha value is -2.12. The zero-order valence-electron chi connectivity index (χ0n) is 15.1. The average molecular weight is 386 g/mol. The Kier molecular flexibility index (Phi) is 4.14. The van der Waals surface area contributed by atoms with E-state index in [-0.39, 0.29) is 11.6 Å². The fourth-order valence-electron chi connectivity index (χ4n) is 4.43. The number of aliphatic hydroxyl groups is 1. The lowest BCUT2D eigenvalue weighted by molar-refractivity contribution is -0.524. The van der Waals surface area contributed by atoms with Gasteiger partial charge in [0, 0.05) is 12.8 Å². The Morgan fingerprint density at radius 2 is 1.46 bits per heavy atom. The second-order valence-electron chi connectivity index (χ2n) is 7.67. The number of halogens is 2. The molecule has 28 heavy (non-hydrogen) atoms. The van der Waals surface area contributed by atoms with Crippen LogP contribution in [0.4, 0.5) is 8.78 Å².